The Balaban J connectivity index is 2.81. The lowest BCUT2D eigenvalue weighted by Crippen LogP contribution is -2.50. The Morgan fingerprint density at radius 3 is 2.27 bits per heavy atom. The van der Waals surface area contributed by atoms with Crippen molar-refractivity contribution in [1.82, 2.24) is 5.32 Å². The molecular formula is C6H10F3NO. The number of rotatable bonds is 0. The maximum Gasteiger partial charge on any atom is 0.418 e. The number of nitrogens with one attached hydrogen (secondary N) is 1. The van der Waals surface area contributed by atoms with Crippen LogP contribution in [-0.4, -0.2) is 30.0 Å². The molecule has 11 heavy (non-hydrogen) atoms. The average Bonchev–Trinajstić information content (AvgIpc) is 2.12. The lowest BCUT2D eigenvalue weighted by Gasteiger charge is -2.28. The molecule has 0 radical (unpaired) electrons. The first-order valence-corrected chi connectivity index (χ1v) is 3.38. The number of β-amino-alcohol motifs (C(OH)–C–C–N with tert-alkyl or cyclic N) is 1. The Hall–Kier alpha value is -0.290. The van der Waals surface area contributed by atoms with Crippen molar-refractivity contribution in [3.8, 4) is 0 Å². The Bertz CT molecular complexity index is 158. The van der Waals surface area contributed by atoms with Crippen molar-refractivity contribution in [2.45, 2.75) is 18.7 Å². The van der Waals surface area contributed by atoms with Crippen LogP contribution in [0.3, 0.4) is 0 Å². The summed E-state index contributed by atoms with van der Waals surface area (Å²) in [6, 6.07) is 0. The van der Waals surface area contributed by atoms with Crippen molar-refractivity contribution < 1.29 is 18.3 Å². The van der Waals surface area contributed by atoms with Crippen molar-refractivity contribution in [1.29, 1.82) is 0 Å². The predicted octanol–water partition coefficient (Wildman–Crippen LogP) is 0.519. The second-order valence-corrected chi connectivity index (χ2v) is 2.95. The first-order valence-electron chi connectivity index (χ1n) is 3.38. The summed E-state index contributed by atoms with van der Waals surface area (Å²) < 4.78 is 36.3. The lowest BCUT2D eigenvalue weighted by molar-refractivity contribution is -0.264. The minimum Gasteiger partial charge on any atom is -0.379 e. The topological polar surface area (TPSA) is 32.3 Å². The van der Waals surface area contributed by atoms with Crippen molar-refractivity contribution in [3.05, 3.63) is 0 Å². The summed E-state index contributed by atoms with van der Waals surface area (Å²) in [6.45, 7) is 1.21. The van der Waals surface area contributed by atoms with Crippen LogP contribution in [-0.2, 0) is 0 Å². The lowest BCUT2D eigenvalue weighted by atomic mass is 9.92. The van der Waals surface area contributed by atoms with E-state index in [4.69, 9.17) is 5.11 Å². The van der Waals surface area contributed by atoms with E-state index in [1.54, 1.807) is 0 Å². The molecule has 2 N–H and O–H groups in total. The van der Waals surface area contributed by atoms with E-state index in [-0.39, 0.29) is 6.54 Å². The Morgan fingerprint density at radius 1 is 1.55 bits per heavy atom. The highest BCUT2D eigenvalue weighted by molar-refractivity contribution is 4.98. The molecule has 0 aromatic heterocycles. The zero-order chi connectivity index (χ0) is 8.70. The van der Waals surface area contributed by atoms with Crippen LogP contribution in [0.15, 0.2) is 0 Å². The summed E-state index contributed by atoms with van der Waals surface area (Å²) in [5.74, 6) is -0.762. The summed E-state index contributed by atoms with van der Waals surface area (Å²) in [4.78, 5) is 0. The van der Waals surface area contributed by atoms with Gasteiger partial charge in [-0.15, -0.1) is 0 Å². The van der Waals surface area contributed by atoms with E-state index in [1.165, 1.54) is 6.92 Å². The van der Waals surface area contributed by atoms with Gasteiger partial charge in [-0.3, -0.25) is 0 Å². The number of hydrogen-bond acceptors (Lipinski definition) is 2. The fourth-order valence-corrected chi connectivity index (χ4v) is 1.20. The zero-order valence-corrected chi connectivity index (χ0v) is 6.07. The number of hydrogen-bond donors (Lipinski definition) is 2. The number of alkyl halides is 3. The first kappa shape index (κ1) is 8.80. The van der Waals surface area contributed by atoms with E-state index in [0.717, 1.165) is 0 Å². The molecule has 1 saturated heterocycles. The SMILES string of the molecule is C[C@@H]1CNC[C@]1(O)C(F)(F)F. The molecule has 1 rings (SSSR count). The molecule has 1 aliphatic rings. The van der Waals surface area contributed by atoms with Crippen LogP contribution in [0.4, 0.5) is 13.2 Å². The molecular weight excluding hydrogens is 159 g/mol. The van der Waals surface area contributed by atoms with Gasteiger partial charge < -0.3 is 10.4 Å². The standard InChI is InChI=1S/C6H10F3NO/c1-4-2-10-3-5(4,11)6(7,8)9/h4,10-11H,2-3H2,1H3/t4-,5-/m1/s1. The molecule has 0 aromatic rings. The predicted molar refractivity (Wildman–Crippen MR) is 33.0 cm³/mol. The van der Waals surface area contributed by atoms with Gasteiger partial charge >= 0.3 is 6.18 Å². The fourth-order valence-electron chi connectivity index (χ4n) is 1.20. The highest BCUT2D eigenvalue weighted by Gasteiger charge is 2.58. The maximum atomic E-state index is 12.1. The molecule has 5 heteroatoms. The van der Waals surface area contributed by atoms with Crippen molar-refractivity contribution in [3.63, 3.8) is 0 Å². The summed E-state index contributed by atoms with van der Waals surface area (Å²) in [7, 11) is 0. The Kier molecular flexibility index (Phi) is 1.88. The van der Waals surface area contributed by atoms with Gasteiger partial charge in [-0.25, -0.2) is 0 Å². The van der Waals surface area contributed by atoms with E-state index in [1.807, 2.05) is 0 Å². The van der Waals surface area contributed by atoms with Gasteiger partial charge in [0, 0.05) is 19.0 Å². The molecule has 0 unspecified atom stereocenters. The molecule has 0 spiro atoms. The van der Waals surface area contributed by atoms with Crippen LogP contribution < -0.4 is 5.32 Å². The molecule has 0 aliphatic carbocycles. The fraction of sp³-hybridized carbons (Fsp3) is 1.00. The summed E-state index contributed by atoms with van der Waals surface area (Å²) >= 11 is 0. The highest BCUT2D eigenvalue weighted by Crippen LogP contribution is 2.37. The van der Waals surface area contributed by atoms with Gasteiger partial charge in [0.1, 0.15) is 0 Å². The van der Waals surface area contributed by atoms with Gasteiger partial charge in [0.15, 0.2) is 5.60 Å². The van der Waals surface area contributed by atoms with E-state index in [2.05, 4.69) is 5.32 Å². The minimum atomic E-state index is -4.52. The maximum absolute atomic E-state index is 12.1. The largest absolute Gasteiger partial charge is 0.418 e. The third-order valence-electron chi connectivity index (χ3n) is 2.15. The number of aliphatic hydroxyl groups is 1. The Morgan fingerprint density at radius 2 is 2.09 bits per heavy atom. The van der Waals surface area contributed by atoms with Crippen molar-refractivity contribution >= 4 is 0 Å². The van der Waals surface area contributed by atoms with E-state index in [0.29, 0.717) is 0 Å². The Labute approximate surface area is 62.4 Å². The zero-order valence-electron chi connectivity index (χ0n) is 6.07. The van der Waals surface area contributed by atoms with Gasteiger partial charge in [0.05, 0.1) is 0 Å². The van der Waals surface area contributed by atoms with Gasteiger partial charge in [0.2, 0.25) is 0 Å². The monoisotopic (exact) mass is 169 g/mol. The van der Waals surface area contributed by atoms with Crippen molar-refractivity contribution in [2.75, 3.05) is 13.1 Å². The first-order chi connectivity index (χ1) is 4.88. The summed E-state index contributed by atoms with van der Waals surface area (Å²) in [5, 5.41) is 11.6. The molecule has 1 fully saturated rings. The quantitative estimate of drug-likeness (QED) is 0.554. The third-order valence-corrected chi connectivity index (χ3v) is 2.15. The molecule has 2 atom stereocenters. The van der Waals surface area contributed by atoms with E-state index in [9.17, 15) is 13.2 Å². The van der Waals surface area contributed by atoms with Crippen LogP contribution in [0, 0.1) is 5.92 Å². The molecule has 0 aromatic carbocycles. The molecule has 0 saturated carbocycles. The summed E-state index contributed by atoms with van der Waals surface area (Å²) in [6.07, 6.45) is -4.52. The van der Waals surface area contributed by atoms with Crippen LogP contribution in [0.1, 0.15) is 6.92 Å². The molecule has 66 valence electrons. The molecule has 0 bridgehead atoms. The van der Waals surface area contributed by atoms with Crippen LogP contribution in [0.25, 0.3) is 0 Å². The molecule has 1 heterocycles. The van der Waals surface area contributed by atoms with Gasteiger partial charge in [-0.1, -0.05) is 6.92 Å². The van der Waals surface area contributed by atoms with Gasteiger partial charge in [0.25, 0.3) is 0 Å². The third kappa shape index (κ3) is 1.22. The smallest absolute Gasteiger partial charge is 0.379 e. The van der Waals surface area contributed by atoms with E-state index < -0.39 is 24.2 Å². The summed E-state index contributed by atoms with van der Waals surface area (Å²) in [5.41, 5.74) is -2.52. The van der Waals surface area contributed by atoms with E-state index >= 15 is 0 Å². The average molecular weight is 169 g/mol. The highest BCUT2D eigenvalue weighted by atomic mass is 19.4. The normalized spacial score (nSPS) is 39.5. The van der Waals surface area contributed by atoms with Gasteiger partial charge in [-0.05, 0) is 0 Å². The van der Waals surface area contributed by atoms with Gasteiger partial charge in [-0.2, -0.15) is 13.2 Å². The minimum absolute atomic E-state index is 0.218. The second kappa shape index (κ2) is 2.35. The van der Waals surface area contributed by atoms with Crippen LogP contribution >= 0.6 is 0 Å². The van der Waals surface area contributed by atoms with Crippen LogP contribution in [0.5, 0.6) is 0 Å². The molecule has 2 nitrogen and oxygen atoms in total. The second-order valence-electron chi connectivity index (χ2n) is 2.95. The van der Waals surface area contributed by atoms with Crippen molar-refractivity contribution in [2.24, 2.45) is 5.92 Å². The van der Waals surface area contributed by atoms with Crippen LogP contribution in [0.2, 0.25) is 0 Å². The molecule has 0 amide bonds. The molecule has 1 aliphatic heterocycles. The number of halogens is 3.